The van der Waals surface area contributed by atoms with Crippen LogP contribution >= 0.6 is 0 Å². The van der Waals surface area contributed by atoms with Crippen LogP contribution in [-0.2, 0) is 30.7 Å². The maximum Gasteiger partial charge on any atom is 0.274 e. The lowest BCUT2D eigenvalue weighted by Gasteiger charge is -2.28. The summed E-state index contributed by atoms with van der Waals surface area (Å²) in [7, 11) is 0. The molecule has 29 heavy (non-hydrogen) atoms. The second kappa shape index (κ2) is 8.88. The molecule has 1 N–H and O–H groups in total. The molecule has 1 aliphatic heterocycles. The number of fused-ring (bicyclic) bond motifs is 1. The van der Waals surface area contributed by atoms with Crippen molar-refractivity contribution < 1.29 is 13.9 Å². The number of morpholine rings is 1. The van der Waals surface area contributed by atoms with Crippen LogP contribution in [-0.4, -0.2) is 52.9 Å². The Kier molecular flexibility index (Phi) is 6.06. The summed E-state index contributed by atoms with van der Waals surface area (Å²) in [6.45, 7) is 7.19. The Hall–Kier alpha value is -2.51. The van der Waals surface area contributed by atoms with E-state index >= 15 is 0 Å². The van der Waals surface area contributed by atoms with E-state index < -0.39 is 0 Å². The zero-order valence-electron chi connectivity index (χ0n) is 16.6. The van der Waals surface area contributed by atoms with E-state index in [1.54, 1.807) is 18.2 Å². The largest absolute Gasteiger partial charge is 0.378 e. The first-order valence-corrected chi connectivity index (χ1v) is 10.2. The van der Waals surface area contributed by atoms with Crippen LogP contribution in [0.2, 0.25) is 0 Å². The molecule has 1 atom stereocenters. The zero-order chi connectivity index (χ0) is 20.2. The van der Waals surface area contributed by atoms with E-state index in [1.807, 2.05) is 15.6 Å². The van der Waals surface area contributed by atoms with Gasteiger partial charge in [-0.3, -0.25) is 9.48 Å². The van der Waals surface area contributed by atoms with Crippen molar-refractivity contribution in [3.63, 3.8) is 0 Å². The number of benzene rings is 1. The molecule has 0 saturated carbocycles. The summed E-state index contributed by atoms with van der Waals surface area (Å²) in [5.41, 5.74) is 3.33. The first kappa shape index (κ1) is 19.8. The van der Waals surface area contributed by atoms with Crippen molar-refractivity contribution >= 4 is 5.91 Å². The highest BCUT2D eigenvalue weighted by atomic mass is 19.1. The van der Waals surface area contributed by atoms with Gasteiger partial charge in [0.25, 0.3) is 5.91 Å². The second-order valence-corrected chi connectivity index (χ2v) is 7.56. The SMILES string of the molecule is C=CCn1nc(C(=O)N2CCOCC2)c2c1CCC(NCc1ccccc1F)C2. The van der Waals surface area contributed by atoms with Crippen LogP contribution in [0.15, 0.2) is 36.9 Å². The van der Waals surface area contributed by atoms with Crippen LogP contribution < -0.4 is 5.32 Å². The molecule has 1 saturated heterocycles. The van der Waals surface area contributed by atoms with Crippen molar-refractivity contribution in [1.29, 1.82) is 0 Å². The predicted molar refractivity (Wildman–Crippen MR) is 108 cm³/mol. The quantitative estimate of drug-likeness (QED) is 0.759. The Labute approximate surface area is 170 Å². The number of allylic oxidation sites excluding steroid dienone is 1. The molecule has 1 unspecified atom stereocenters. The maximum absolute atomic E-state index is 13.9. The molecule has 2 heterocycles. The minimum Gasteiger partial charge on any atom is -0.378 e. The Morgan fingerprint density at radius 2 is 2.14 bits per heavy atom. The molecule has 1 aliphatic carbocycles. The molecule has 0 bridgehead atoms. The van der Waals surface area contributed by atoms with Gasteiger partial charge >= 0.3 is 0 Å². The number of ether oxygens (including phenoxy) is 1. The number of hydrogen-bond acceptors (Lipinski definition) is 4. The minimum atomic E-state index is -0.196. The van der Waals surface area contributed by atoms with Gasteiger partial charge in [0.15, 0.2) is 5.69 Å². The fourth-order valence-corrected chi connectivity index (χ4v) is 4.12. The highest BCUT2D eigenvalue weighted by Crippen LogP contribution is 2.26. The summed E-state index contributed by atoms with van der Waals surface area (Å²) in [5.74, 6) is -0.222. The monoisotopic (exact) mass is 398 g/mol. The molecule has 4 rings (SSSR count). The number of amides is 1. The van der Waals surface area contributed by atoms with Gasteiger partial charge in [-0.25, -0.2) is 4.39 Å². The number of hydrogen-bond donors (Lipinski definition) is 1. The highest BCUT2D eigenvalue weighted by molar-refractivity contribution is 5.94. The zero-order valence-corrected chi connectivity index (χ0v) is 16.6. The van der Waals surface area contributed by atoms with Gasteiger partial charge in [-0.1, -0.05) is 24.3 Å². The Morgan fingerprint density at radius 1 is 1.34 bits per heavy atom. The molecule has 1 aromatic heterocycles. The van der Waals surface area contributed by atoms with E-state index in [9.17, 15) is 9.18 Å². The summed E-state index contributed by atoms with van der Waals surface area (Å²) < 4.78 is 21.2. The second-order valence-electron chi connectivity index (χ2n) is 7.56. The average molecular weight is 398 g/mol. The first-order chi connectivity index (χ1) is 14.2. The van der Waals surface area contributed by atoms with E-state index in [0.717, 1.165) is 24.1 Å². The van der Waals surface area contributed by atoms with Crippen molar-refractivity contribution in [3.05, 3.63) is 65.3 Å². The van der Waals surface area contributed by atoms with Crippen LogP contribution in [0.25, 0.3) is 0 Å². The molecule has 2 aliphatic rings. The van der Waals surface area contributed by atoms with Crippen molar-refractivity contribution in [2.75, 3.05) is 26.3 Å². The van der Waals surface area contributed by atoms with E-state index in [4.69, 9.17) is 4.74 Å². The third kappa shape index (κ3) is 4.26. The molecule has 2 aromatic rings. The smallest absolute Gasteiger partial charge is 0.274 e. The number of rotatable bonds is 6. The summed E-state index contributed by atoms with van der Waals surface area (Å²) >= 11 is 0. The maximum atomic E-state index is 13.9. The Bertz CT molecular complexity index is 889. The number of nitrogens with one attached hydrogen (secondary N) is 1. The van der Waals surface area contributed by atoms with Crippen LogP contribution in [0, 0.1) is 5.82 Å². The van der Waals surface area contributed by atoms with Gasteiger partial charge in [-0.2, -0.15) is 5.10 Å². The van der Waals surface area contributed by atoms with Gasteiger partial charge in [0.05, 0.1) is 19.8 Å². The number of aromatic nitrogens is 2. The van der Waals surface area contributed by atoms with Crippen LogP contribution in [0.5, 0.6) is 0 Å². The highest BCUT2D eigenvalue weighted by Gasteiger charge is 2.31. The molecular formula is C22H27FN4O2. The van der Waals surface area contributed by atoms with Gasteiger partial charge in [0, 0.05) is 42.5 Å². The number of nitrogens with zero attached hydrogens (tertiary/aromatic N) is 3. The van der Waals surface area contributed by atoms with Gasteiger partial charge in [-0.15, -0.1) is 6.58 Å². The van der Waals surface area contributed by atoms with Crippen molar-refractivity contribution in [1.82, 2.24) is 20.0 Å². The molecular weight excluding hydrogens is 371 g/mol. The molecule has 154 valence electrons. The van der Waals surface area contributed by atoms with Gasteiger partial charge < -0.3 is 15.0 Å². The molecule has 1 amide bonds. The van der Waals surface area contributed by atoms with E-state index in [2.05, 4.69) is 17.0 Å². The molecule has 1 fully saturated rings. The summed E-state index contributed by atoms with van der Waals surface area (Å²) in [6, 6.07) is 7.00. The third-order valence-electron chi connectivity index (χ3n) is 5.69. The summed E-state index contributed by atoms with van der Waals surface area (Å²) in [5, 5.41) is 8.11. The Balaban J connectivity index is 1.53. The average Bonchev–Trinajstić information content (AvgIpc) is 3.11. The normalized spacial score (nSPS) is 19.1. The van der Waals surface area contributed by atoms with E-state index in [-0.39, 0.29) is 17.8 Å². The van der Waals surface area contributed by atoms with Crippen molar-refractivity contribution in [2.45, 2.75) is 38.4 Å². The predicted octanol–water partition coefficient (Wildman–Crippen LogP) is 2.33. The lowest BCUT2D eigenvalue weighted by Crippen LogP contribution is -2.41. The fraction of sp³-hybridized carbons (Fsp3) is 0.455. The molecule has 6 nitrogen and oxygen atoms in total. The Morgan fingerprint density at radius 3 is 2.90 bits per heavy atom. The topological polar surface area (TPSA) is 59.4 Å². The summed E-state index contributed by atoms with van der Waals surface area (Å²) in [6.07, 6.45) is 4.28. The van der Waals surface area contributed by atoms with E-state index in [1.165, 1.54) is 6.07 Å². The molecule has 0 radical (unpaired) electrons. The molecule has 0 spiro atoms. The third-order valence-corrected chi connectivity index (χ3v) is 5.69. The lowest BCUT2D eigenvalue weighted by atomic mass is 9.90. The standard InChI is InChI=1S/C22H27FN4O2/c1-2-9-27-20-8-7-17(24-15-16-5-3-4-6-19(16)23)14-18(20)21(25-27)22(28)26-10-12-29-13-11-26/h2-6,17,24H,1,7-15H2. The van der Waals surface area contributed by atoms with Crippen LogP contribution in [0.4, 0.5) is 4.39 Å². The number of carbonyl (C=O) groups is 1. The van der Waals surface area contributed by atoms with Crippen LogP contribution in [0.3, 0.4) is 0 Å². The van der Waals surface area contributed by atoms with Gasteiger partial charge in [0.1, 0.15) is 5.82 Å². The summed E-state index contributed by atoms with van der Waals surface area (Å²) in [4.78, 5) is 14.9. The number of carbonyl (C=O) groups excluding carboxylic acids is 1. The lowest BCUT2D eigenvalue weighted by molar-refractivity contribution is 0.0297. The van der Waals surface area contributed by atoms with Crippen LogP contribution in [0.1, 0.15) is 33.7 Å². The van der Waals surface area contributed by atoms with Gasteiger partial charge in [-0.05, 0) is 25.3 Å². The molecule has 7 heteroatoms. The molecule has 1 aromatic carbocycles. The van der Waals surface area contributed by atoms with Crippen molar-refractivity contribution in [3.8, 4) is 0 Å². The minimum absolute atomic E-state index is 0.0258. The van der Waals surface area contributed by atoms with E-state index in [0.29, 0.717) is 57.1 Å². The van der Waals surface area contributed by atoms with Gasteiger partial charge in [0.2, 0.25) is 0 Å². The fourth-order valence-electron chi connectivity index (χ4n) is 4.12. The number of halogens is 1. The first-order valence-electron chi connectivity index (χ1n) is 10.2. The van der Waals surface area contributed by atoms with Crippen molar-refractivity contribution in [2.24, 2.45) is 0 Å².